The van der Waals surface area contributed by atoms with Crippen molar-refractivity contribution in [1.29, 1.82) is 0 Å². The van der Waals surface area contributed by atoms with Crippen LogP contribution in [0.25, 0.3) is 11.4 Å². The van der Waals surface area contributed by atoms with Crippen LogP contribution < -0.4 is 15.4 Å². The van der Waals surface area contributed by atoms with E-state index in [1.165, 1.54) is 13.2 Å². The Balaban J connectivity index is 2.03. The Kier molecular flexibility index (Phi) is 4.16. The Bertz CT molecular complexity index is 1030. The molecule has 0 aliphatic heterocycles. The third-order valence-electron chi connectivity index (χ3n) is 3.39. The van der Waals surface area contributed by atoms with Crippen molar-refractivity contribution < 1.29 is 13.6 Å². The molecule has 3 aromatic rings. The van der Waals surface area contributed by atoms with Crippen LogP contribution in [-0.2, 0) is 0 Å². The maximum atomic E-state index is 12.3. The van der Waals surface area contributed by atoms with Gasteiger partial charge in [-0.05, 0) is 18.2 Å². The number of ether oxygens (including phenoxy) is 1. The van der Waals surface area contributed by atoms with Gasteiger partial charge in [0, 0.05) is 29.5 Å². The molecule has 0 atom stereocenters. The molecule has 3 rings (SSSR count). The summed E-state index contributed by atoms with van der Waals surface area (Å²) in [5, 5.41) is 12.2. The molecule has 0 saturated carbocycles. The molecule has 8 nitrogen and oxygen atoms in total. The van der Waals surface area contributed by atoms with Crippen molar-refractivity contribution in [3.05, 3.63) is 53.6 Å². The number of nitrogens with one attached hydrogen (secondary N) is 2. The third kappa shape index (κ3) is 3.55. The Morgan fingerprint density at radius 3 is 2.73 bits per heavy atom. The zero-order chi connectivity index (χ0) is 21.0. The van der Waals surface area contributed by atoms with Gasteiger partial charge in [-0.25, -0.2) is 9.97 Å². The molecule has 132 valence electrons. The molecule has 2 N–H and O–H groups in total. The molecule has 0 radical (unpaired) electrons. The first kappa shape index (κ1) is 14.0. The van der Waals surface area contributed by atoms with E-state index in [-0.39, 0.29) is 16.5 Å². The standard InChI is InChI=1S/C17H15ClN6O2/c1-19-17(25)14-12(9-13(18)23-24-14)22-11-6-3-5-10(15(11)26-2)16-20-7-4-8-21-16/h3-9H,1-2H3,(H,19,25)(H,22,23)/i1D3. The van der Waals surface area contributed by atoms with Crippen molar-refractivity contribution in [2.24, 2.45) is 0 Å². The van der Waals surface area contributed by atoms with Gasteiger partial charge in [-0.1, -0.05) is 17.7 Å². The van der Waals surface area contributed by atoms with E-state index in [2.05, 4.69) is 25.5 Å². The van der Waals surface area contributed by atoms with Gasteiger partial charge in [-0.3, -0.25) is 4.79 Å². The second-order valence-corrected chi connectivity index (χ2v) is 5.35. The van der Waals surface area contributed by atoms with Crippen molar-refractivity contribution in [3.63, 3.8) is 0 Å². The van der Waals surface area contributed by atoms with E-state index in [4.69, 9.17) is 20.5 Å². The monoisotopic (exact) mass is 373 g/mol. The predicted octanol–water partition coefficient (Wildman–Crippen LogP) is 2.70. The van der Waals surface area contributed by atoms with Gasteiger partial charge < -0.3 is 15.4 Å². The lowest BCUT2D eigenvalue weighted by Crippen LogP contribution is -2.21. The molecule has 2 heterocycles. The Labute approximate surface area is 158 Å². The summed E-state index contributed by atoms with van der Waals surface area (Å²) in [5.41, 5.74) is 0.981. The minimum Gasteiger partial charge on any atom is -0.494 e. The van der Waals surface area contributed by atoms with Gasteiger partial charge in [-0.2, -0.15) is 0 Å². The number of carbonyl (C=O) groups is 1. The first-order valence-corrected chi connectivity index (χ1v) is 7.73. The number of aromatic nitrogens is 4. The first-order valence-electron chi connectivity index (χ1n) is 8.85. The second-order valence-electron chi connectivity index (χ2n) is 4.97. The van der Waals surface area contributed by atoms with Crippen LogP contribution in [-0.4, -0.2) is 40.2 Å². The molecule has 0 aliphatic carbocycles. The van der Waals surface area contributed by atoms with Gasteiger partial charge in [0.15, 0.2) is 22.4 Å². The van der Waals surface area contributed by atoms with Crippen molar-refractivity contribution in [3.8, 4) is 17.1 Å². The summed E-state index contributed by atoms with van der Waals surface area (Å²) in [6, 6.07) is 8.27. The highest BCUT2D eigenvalue weighted by Crippen LogP contribution is 2.36. The lowest BCUT2D eigenvalue weighted by atomic mass is 10.1. The summed E-state index contributed by atoms with van der Waals surface area (Å²) in [6.07, 6.45) is 3.21. The quantitative estimate of drug-likeness (QED) is 0.708. The van der Waals surface area contributed by atoms with Gasteiger partial charge in [0.1, 0.15) is 0 Å². The summed E-state index contributed by atoms with van der Waals surface area (Å²) in [7, 11) is 1.48. The van der Waals surface area contributed by atoms with E-state index in [9.17, 15) is 4.79 Å². The molecule has 0 fully saturated rings. The van der Waals surface area contributed by atoms with Crippen LogP contribution in [0.5, 0.6) is 5.75 Å². The lowest BCUT2D eigenvalue weighted by Gasteiger charge is -2.15. The number of anilines is 2. The van der Waals surface area contributed by atoms with Crippen molar-refractivity contribution in [1.82, 2.24) is 25.5 Å². The van der Waals surface area contributed by atoms with Crippen LogP contribution in [0.15, 0.2) is 42.7 Å². The highest BCUT2D eigenvalue weighted by Gasteiger charge is 2.18. The van der Waals surface area contributed by atoms with Gasteiger partial charge in [0.05, 0.1) is 24.0 Å². The Morgan fingerprint density at radius 1 is 1.19 bits per heavy atom. The second kappa shape index (κ2) is 7.75. The van der Waals surface area contributed by atoms with E-state index < -0.39 is 12.9 Å². The molecule has 0 unspecified atom stereocenters. The average Bonchev–Trinajstić information content (AvgIpc) is 2.67. The number of rotatable bonds is 5. The number of benzene rings is 1. The summed E-state index contributed by atoms with van der Waals surface area (Å²) >= 11 is 5.91. The van der Waals surface area contributed by atoms with Crippen LogP contribution in [0.3, 0.4) is 0 Å². The molecule has 9 heteroatoms. The largest absolute Gasteiger partial charge is 0.494 e. The SMILES string of the molecule is [2H]C([2H])([2H])NC(=O)c1nnc(Cl)cc1Nc1cccc(-c2ncccn2)c1OC. The molecule has 0 saturated heterocycles. The highest BCUT2D eigenvalue weighted by molar-refractivity contribution is 6.29. The third-order valence-corrected chi connectivity index (χ3v) is 3.57. The van der Waals surface area contributed by atoms with Crippen LogP contribution in [0.1, 0.15) is 14.6 Å². The summed E-state index contributed by atoms with van der Waals surface area (Å²) in [5.74, 6) is -0.0775. The van der Waals surface area contributed by atoms with Crippen LogP contribution in [0.4, 0.5) is 11.4 Å². The normalized spacial score (nSPS) is 12.5. The van der Waals surface area contributed by atoms with Crippen LogP contribution in [0, 0.1) is 0 Å². The molecule has 2 aromatic heterocycles. The van der Waals surface area contributed by atoms with Gasteiger partial charge in [-0.15, -0.1) is 10.2 Å². The van der Waals surface area contributed by atoms with E-state index in [0.29, 0.717) is 22.8 Å². The minimum absolute atomic E-state index is 0.0134. The fraction of sp³-hybridized carbons (Fsp3) is 0.118. The van der Waals surface area contributed by atoms with E-state index >= 15 is 0 Å². The molecule has 1 amide bonds. The summed E-state index contributed by atoms with van der Waals surface area (Å²) in [6.45, 7) is -2.68. The number of methoxy groups -OCH3 is 1. The van der Waals surface area contributed by atoms with Crippen molar-refractivity contribution in [2.75, 3.05) is 19.4 Å². The number of hydrogen-bond acceptors (Lipinski definition) is 7. The number of hydrogen-bond donors (Lipinski definition) is 2. The lowest BCUT2D eigenvalue weighted by molar-refractivity contribution is 0.0958. The van der Waals surface area contributed by atoms with Crippen LogP contribution in [0.2, 0.25) is 5.15 Å². The summed E-state index contributed by atoms with van der Waals surface area (Å²) in [4.78, 5) is 20.8. The number of para-hydroxylation sites is 1. The zero-order valence-corrected chi connectivity index (χ0v) is 14.3. The molecule has 0 aliphatic rings. The first-order chi connectivity index (χ1) is 13.8. The van der Waals surface area contributed by atoms with Gasteiger partial charge in [0.2, 0.25) is 0 Å². The molecule has 26 heavy (non-hydrogen) atoms. The van der Waals surface area contributed by atoms with Crippen molar-refractivity contribution in [2.45, 2.75) is 0 Å². The van der Waals surface area contributed by atoms with Crippen LogP contribution >= 0.6 is 11.6 Å². The molecule has 0 spiro atoms. The Hall–Kier alpha value is -3.26. The fourth-order valence-electron chi connectivity index (χ4n) is 2.30. The smallest absolute Gasteiger partial charge is 0.273 e. The number of nitrogens with zero attached hydrogens (tertiary/aromatic N) is 4. The molecular weight excluding hydrogens is 356 g/mol. The predicted molar refractivity (Wildman–Crippen MR) is 97.7 cm³/mol. The minimum atomic E-state index is -2.68. The molecule has 1 aromatic carbocycles. The van der Waals surface area contributed by atoms with Crippen molar-refractivity contribution >= 4 is 28.9 Å². The number of halogens is 1. The Morgan fingerprint density at radius 2 is 2.00 bits per heavy atom. The zero-order valence-electron chi connectivity index (χ0n) is 16.5. The van der Waals surface area contributed by atoms with Gasteiger partial charge in [0.25, 0.3) is 5.91 Å². The van der Waals surface area contributed by atoms with E-state index in [1.54, 1.807) is 36.7 Å². The summed E-state index contributed by atoms with van der Waals surface area (Å²) < 4.78 is 27.1. The van der Waals surface area contributed by atoms with Gasteiger partial charge >= 0.3 is 0 Å². The fourth-order valence-corrected chi connectivity index (χ4v) is 2.45. The number of amides is 1. The molecule has 0 bridgehead atoms. The maximum absolute atomic E-state index is 12.3. The maximum Gasteiger partial charge on any atom is 0.273 e. The number of carbonyl (C=O) groups excluding carboxylic acids is 1. The topological polar surface area (TPSA) is 102 Å². The van der Waals surface area contributed by atoms with E-state index in [0.717, 1.165) is 0 Å². The molecular formula is C17H15ClN6O2. The highest BCUT2D eigenvalue weighted by atomic mass is 35.5. The van der Waals surface area contributed by atoms with E-state index in [1.807, 2.05) is 5.32 Å². The average molecular weight is 374 g/mol.